The molecule has 0 bridgehead atoms. The summed E-state index contributed by atoms with van der Waals surface area (Å²) in [7, 11) is 0. The number of hydrogen-bond acceptors (Lipinski definition) is 5. The maximum atomic E-state index is 12.3. The molecule has 2 amide bonds. The first kappa shape index (κ1) is 18.4. The van der Waals surface area contributed by atoms with E-state index >= 15 is 0 Å². The van der Waals surface area contributed by atoms with Crippen LogP contribution in [0.4, 0.5) is 17.2 Å². The summed E-state index contributed by atoms with van der Waals surface area (Å²) in [6.45, 7) is 3.13. The van der Waals surface area contributed by atoms with Gasteiger partial charge in [-0.3, -0.25) is 9.59 Å². The molecule has 1 atom stereocenters. The normalized spacial score (nSPS) is 18.9. The first-order chi connectivity index (χ1) is 13.7. The topological polar surface area (TPSA) is 83.6 Å². The van der Waals surface area contributed by atoms with Gasteiger partial charge in [0.25, 0.3) is 0 Å². The van der Waals surface area contributed by atoms with E-state index in [9.17, 15) is 9.59 Å². The van der Waals surface area contributed by atoms with E-state index in [1.165, 1.54) is 0 Å². The van der Waals surface area contributed by atoms with E-state index in [4.69, 9.17) is 4.74 Å². The summed E-state index contributed by atoms with van der Waals surface area (Å²) in [6.07, 6.45) is 3.24. The van der Waals surface area contributed by atoms with Gasteiger partial charge in [0.1, 0.15) is 5.82 Å². The molecular weight excluding hydrogens is 356 g/mol. The fraction of sp³-hybridized carbons (Fsp3) is 0.381. The van der Waals surface area contributed by atoms with Gasteiger partial charge in [0.2, 0.25) is 11.8 Å². The van der Waals surface area contributed by atoms with Crippen molar-refractivity contribution in [3.8, 4) is 0 Å². The Morgan fingerprint density at radius 3 is 2.82 bits per heavy atom. The van der Waals surface area contributed by atoms with E-state index in [0.29, 0.717) is 18.7 Å². The Kier molecular flexibility index (Phi) is 5.53. The Morgan fingerprint density at radius 2 is 2.04 bits per heavy atom. The van der Waals surface area contributed by atoms with E-state index in [1.807, 2.05) is 36.4 Å². The highest BCUT2D eigenvalue weighted by Gasteiger charge is 2.26. The third-order valence-electron chi connectivity index (χ3n) is 5.22. The number of nitrogens with zero attached hydrogens (tertiary/aromatic N) is 2. The summed E-state index contributed by atoms with van der Waals surface area (Å²) < 4.78 is 5.35. The molecule has 146 valence electrons. The fourth-order valence-corrected chi connectivity index (χ4v) is 3.63. The number of amides is 2. The number of aromatic nitrogens is 1. The van der Waals surface area contributed by atoms with Crippen molar-refractivity contribution in [3.05, 3.63) is 48.2 Å². The molecule has 0 saturated carbocycles. The second-order valence-corrected chi connectivity index (χ2v) is 7.14. The number of anilines is 3. The molecule has 1 saturated heterocycles. The number of morpholine rings is 1. The lowest BCUT2D eigenvalue weighted by Crippen LogP contribution is -2.36. The molecule has 7 nitrogen and oxygen atoms in total. The van der Waals surface area contributed by atoms with Gasteiger partial charge in [0, 0.05) is 31.1 Å². The van der Waals surface area contributed by atoms with Crippen molar-refractivity contribution in [2.75, 3.05) is 41.8 Å². The summed E-state index contributed by atoms with van der Waals surface area (Å²) in [5.41, 5.74) is 3.02. The lowest BCUT2D eigenvalue weighted by atomic mass is 9.89. The predicted molar refractivity (Wildman–Crippen MR) is 107 cm³/mol. The molecule has 2 aliphatic rings. The molecule has 1 aromatic heterocycles. The molecule has 2 N–H and O–H groups in total. The number of benzene rings is 1. The summed E-state index contributed by atoms with van der Waals surface area (Å²) >= 11 is 0. The van der Waals surface area contributed by atoms with Crippen LogP contribution in [-0.2, 0) is 20.7 Å². The zero-order valence-electron chi connectivity index (χ0n) is 15.7. The second-order valence-electron chi connectivity index (χ2n) is 7.14. The van der Waals surface area contributed by atoms with Crippen molar-refractivity contribution in [2.45, 2.75) is 19.3 Å². The lowest BCUT2D eigenvalue weighted by molar-refractivity contribution is -0.121. The van der Waals surface area contributed by atoms with E-state index in [2.05, 4.69) is 20.5 Å². The minimum atomic E-state index is -0.183. The largest absolute Gasteiger partial charge is 0.378 e. The Bertz CT molecular complexity index is 847. The first-order valence-electron chi connectivity index (χ1n) is 9.66. The van der Waals surface area contributed by atoms with Gasteiger partial charge < -0.3 is 20.3 Å². The number of ether oxygens (including phenoxy) is 1. The van der Waals surface area contributed by atoms with Gasteiger partial charge in [0.15, 0.2) is 0 Å². The standard InChI is InChI=1S/C21H24N4O3/c26-20(8-5-16-13-15-3-1-2-4-18(15)23-21(16)27)24-19-7-6-17(14-22-19)25-9-11-28-12-10-25/h1-4,6-7,14,16H,5,8-13H2,(H,23,27)(H,22,24,26). The number of carbonyl (C=O) groups excluding carboxylic acids is 2. The van der Waals surface area contributed by atoms with E-state index in [0.717, 1.165) is 43.2 Å². The zero-order valence-corrected chi connectivity index (χ0v) is 15.7. The molecule has 2 aromatic rings. The lowest BCUT2D eigenvalue weighted by Gasteiger charge is -2.28. The SMILES string of the molecule is O=C(CCC1Cc2ccccc2NC1=O)Nc1ccc(N2CCOCC2)cn1. The number of rotatable bonds is 5. The van der Waals surface area contributed by atoms with Crippen molar-refractivity contribution in [2.24, 2.45) is 5.92 Å². The monoisotopic (exact) mass is 380 g/mol. The number of hydrogen-bond donors (Lipinski definition) is 2. The molecule has 0 aliphatic carbocycles. The van der Waals surface area contributed by atoms with Crippen LogP contribution in [0.3, 0.4) is 0 Å². The van der Waals surface area contributed by atoms with Gasteiger partial charge in [-0.25, -0.2) is 4.98 Å². The number of carbonyl (C=O) groups is 2. The molecule has 28 heavy (non-hydrogen) atoms. The van der Waals surface area contributed by atoms with Crippen LogP contribution in [0.1, 0.15) is 18.4 Å². The van der Waals surface area contributed by atoms with Crippen LogP contribution in [0.5, 0.6) is 0 Å². The van der Waals surface area contributed by atoms with Gasteiger partial charge >= 0.3 is 0 Å². The molecule has 2 aliphatic heterocycles. The summed E-state index contributed by atoms with van der Waals surface area (Å²) in [5, 5.41) is 5.74. The Balaban J connectivity index is 1.28. The minimum absolute atomic E-state index is 0.0144. The first-order valence-corrected chi connectivity index (χ1v) is 9.66. The number of pyridine rings is 1. The van der Waals surface area contributed by atoms with Crippen LogP contribution in [-0.4, -0.2) is 43.1 Å². The fourth-order valence-electron chi connectivity index (χ4n) is 3.63. The van der Waals surface area contributed by atoms with Crippen LogP contribution in [0.25, 0.3) is 0 Å². The highest BCUT2D eigenvalue weighted by molar-refractivity contribution is 5.96. The van der Waals surface area contributed by atoms with Crippen LogP contribution in [0.2, 0.25) is 0 Å². The second kappa shape index (κ2) is 8.39. The molecule has 4 rings (SSSR count). The number of fused-ring (bicyclic) bond motifs is 1. The third kappa shape index (κ3) is 4.31. The van der Waals surface area contributed by atoms with Crippen molar-refractivity contribution in [3.63, 3.8) is 0 Å². The quantitative estimate of drug-likeness (QED) is 0.832. The third-order valence-corrected chi connectivity index (χ3v) is 5.22. The highest BCUT2D eigenvalue weighted by atomic mass is 16.5. The highest BCUT2D eigenvalue weighted by Crippen LogP contribution is 2.27. The van der Waals surface area contributed by atoms with E-state index in [1.54, 1.807) is 6.20 Å². The summed E-state index contributed by atoms with van der Waals surface area (Å²) in [4.78, 5) is 31.1. The molecule has 3 heterocycles. The van der Waals surface area contributed by atoms with Crippen LogP contribution in [0.15, 0.2) is 42.6 Å². The smallest absolute Gasteiger partial charge is 0.227 e. The van der Waals surface area contributed by atoms with Gasteiger partial charge in [-0.15, -0.1) is 0 Å². The van der Waals surface area contributed by atoms with Gasteiger partial charge in [0.05, 0.1) is 25.1 Å². The van der Waals surface area contributed by atoms with Crippen LogP contribution < -0.4 is 15.5 Å². The molecule has 7 heteroatoms. The Labute approximate surface area is 164 Å². The maximum Gasteiger partial charge on any atom is 0.227 e. The molecule has 1 fully saturated rings. The van der Waals surface area contributed by atoms with Crippen molar-refractivity contribution < 1.29 is 14.3 Å². The van der Waals surface area contributed by atoms with Gasteiger partial charge in [-0.1, -0.05) is 18.2 Å². The molecule has 1 unspecified atom stereocenters. The average molecular weight is 380 g/mol. The maximum absolute atomic E-state index is 12.3. The summed E-state index contributed by atoms with van der Waals surface area (Å²) in [6, 6.07) is 11.6. The van der Waals surface area contributed by atoms with Crippen molar-refractivity contribution in [1.82, 2.24) is 4.98 Å². The van der Waals surface area contributed by atoms with Crippen molar-refractivity contribution >= 4 is 29.0 Å². The Morgan fingerprint density at radius 1 is 1.21 bits per heavy atom. The van der Waals surface area contributed by atoms with Gasteiger partial charge in [-0.2, -0.15) is 0 Å². The minimum Gasteiger partial charge on any atom is -0.378 e. The number of para-hydroxylation sites is 1. The predicted octanol–water partition coefficient (Wildman–Crippen LogP) is 2.45. The molecule has 0 spiro atoms. The van der Waals surface area contributed by atoms with E-state index < -0.39 is 0 Å². The zero-order chi connectivity index (χ0) is 19.3. The van der Waals surface area contributed by atoms with Crippen LogP contribution in [0, 0.1) is 5.92 Å². The molecular formula is C21H24N4O3. The van der Waals surface area contributed by atoms with Gasteiger partial charge in [-0.05, 0) is 36.6 Å². The summed E-state index contributed by atoms with van der Waals surface area (Å²) in [5.74, 6) is 0.204. The van der Waals surface area contributed by atoms with Crippen LogP contribution >= 0.6 is 0 Å². The van der Waals surface area contributed by atoms with Crippen molar-refractivity contribution in [1.29, 1.82) is 0 Å². The number of nitrogens with one attached hydrogen (secondary N) is 2. The van der Waals surface area contributed by atoms with E-state index in [-0.39, 0.29) is 24.2 Å². The average Bonchev–Trinajstić information content (AvgIpc) is 2.73. The Hall–Kier alpha value is -2.93. The molecule has 0 radical (unpaired) electrons. The molecule has 1 aromatic carbocycles.